The molecule has 2 atom stereocenters. The molecule has 5 nitrogen and oxygen atoms in total. The van der Waals surface area contributed by atoms with Gasteiger partial charge in [-0.15, -0.1) is 0 Å². The van der Waals surface area contributed by atoms with Crippen LogP contribution in [0.1, 0.15) is 0 Å². The Balaban J connectivity index is 2.01. The second-order valence-corrected chi connectivity index (χ2v) is 4.13. The molecular weight excluding hydrogens is 190 g/mol. The summed E-state index contributed by atoms with van der Waals surface area (Å²) < 4.78 is 6.82. The smallest absolute Gasteiger partial charge is 0.186 e. The third-order valence-electron chi connectivity index (χ3n) is 1.93. The molecule has 1 saturated heterocycles. The third kappa shape index (κ3) is 1.84. The van der Waals surface area contributed by atoms with Crippen LogP contribution in [0.15, 0.2) is 11.5 Å². The van der Waals surface area contributed by atoms with Crippen molar-refractivity contribution in [1.29, 1.82) is 0 Å². The normalized spacial score (nSPS) is 28.2. The number of ether oxygens (including phenoxy) is 1. The number of nitrogens with zero attached hydrogens (tertiary/aromatic N) is 3. The van der Waals surface area contributed by atoms with E-state index in [1.165, 1.54) is 18.1 Å². The van der Waals surface area contributed by atoms with E-state index in [0.717, 1.165) is 5.16 Å². The molecule has 1 aliphatic rings. The predicted octanol–water partition coefficient (Wildman–Crippen LogP) is -0.333. The number of aliphatic hydroxyl groups is 1. The average Bonchev–Trinajstić information content (AvgIpc) is 2.65. The predicted molar refractivity (Wildman–Crippen MR) is 47.5 cm³/mol. The summed E-state index contributed by atoms with van der Waals surface area (Å²) in [6.07, 6.45) is 1.12. The van der Waals surface area contributed by atoms with Crippen LogP contribution in [-0.4, -0.2) is 44.4 Å². The van der Waals surface area contributed by atoms with Crippen LogP contribution in [0.25, 0.3) is 0 Å². The number of rotatable bonds is 2. The Morgan fingerprint density at radius 1 is 1.69 bits per heavy atom. The Kier molecular flexibility index (Phi) is 2.52. The van der Waals surface area contributed by atoms with Gasteiger partial charge in [-0.2, -0.15) is 5.10 Å². The number of hydrogen-bond donors (Lipinski definition) is 1. The molecule has 0 saturated carbocycles. The lowest BCUT2D eigenvalue weighted by Crippen LogP contribution is -2.20. The molecule has 0 aliphatic carbocycles. The number of thioether (sulfide) groups is 1. The summed E-state index contributed by atoms with van der Waals surface area (Å²) in [6.45, 7) is 1.01. The molecular formula is C7H11N3O2S. The van der Waals surface area contributed by atoms with E-state index in [0.29, 0.717) is 13.2 Å². The Morgan fingerprint density at radius 3 is 3.08 bits per heavy atom. The van der Waals surface area contributed by atoms with Gasteiger partial charge in [-0.25, -0.2) is 9.67 Å². The minimum atomic E-state index is -0.387. The van der Waals surface area contributed by atoms with Crippen molar-refractivity contribution in [3.05, 3.63) is 6.33 Å². The van der Waals surface area contributed by atoms with E-state index in [1.54, 1.807) is 4.68 Å². The number of hydrogen-bond acceptors (Lipinski definition) is 5. The summed E-state index contributed by atoms with van der Waals surface area (Å²) in [5.74, 6) is 0. The van der Waals surface area contributed by atoms with E-state index in [2.05, 4.69) is 10.1 Å². The second kappa shape index (κ2) is 3.65. The van der Waals surface area contributed by atoms with E-state index >= 15 is 0 Å². The highest BCUT2D eigenvalue weighted by molar-refractivity contribution is 7.99. The van der Waals surface area contributed by atoms with Gasteiger partial charge in [0.25, 0.3) is 0 Å². The van der Waals surface area contributed by atoms with E-state index < -0.39 is 0 Å². The molecule has 0 spiro atoms. The average molecular weight is 201 g/mol. The van der Waals surface area contributed by atoms with Crippen molar-refractivity contribution in [2.75, 3.05) is 13.2 Å². The zero-order valence-electron chi connectivity index (χ0n) is 7.25. The molecule has 1 N–H and O–H groups in total. The van der Waals surface area contributed by atoms with Crippen LogP contribution in [-0.2, 0) is 11.8 Å². The van der Waals surface area contributed by atoms with Crippen LogP contribution < -0.4 is 0 Å². The van der Waals surface area contributed by atoms with Crippen LogP contribution in [0.2, 0.25) is 0 Å². The monoisotopic (exact) mass is 201 g/mol. The fourth-order valence-electron chi connectivity index (χ4n) is 1.16. The molecule has 0 amide bonds. The Bertz CT molecular complexity index is 291. The molecule has 2 heterocycles. The summed E-state index contributed by atoms with van der Waals surface area (Å²) in [7, 11) is 1.83. The molecule has 13 heavy (non-hydrogen) atoms. The van der Waals surface area contributed by atoms with E-state index in [1.807, 2.05) is 7.05 Å². The molecule has 6 heteroatoms. The van der Waals surface area contributed by atoms with Crippen LogP contribution in [0.4, 0.5) is 0 Å². The van der Waals surface area contributed by atoms with Crippen LogP contribution in [0, 0.1) is 0 Å². The highest BCUT2D eigenvalue weighted by Crippen LogP contribution is 2.26. The van der Waals surface area contributed by atoms with Crippen molar-refractivity contribution in [1.82, 2.24) is 14.8 Å². The molecule has 2 rings (SSSR count). The first-order valence-corrected chi connectivity index (χ1v) is 4.92. The molecule has 1 aromatic rings. The standard InChI is InChI=1S/C7H11N3O2S/c1-10-7(8-4-9-10)13-6-3-12-2-5(6)11/h4-6,11H,2-3H2,1H3. The first-order chi connectivity index (χ1) is 6.27. The largest absolute Gasteiger partial charge is 0.389 e. The topological polar surface area (TPSA) is 60.2 Å². The fourth-order valence-corrected chi connectivity index (χ4v) is 2.14. The van der Waals surface area contributed by atoms with Crippen molar-refractivity contribution in [3.8, 4) is 0 Å². The molecule has 1 fully saturated rings. The molecule has 1 aromatic heterocycles. The summed E-state index contributed by atoms with van der Waals surface area (Å²) in [4.78, 5) is 4.06. The first kappa shape index (κ1) is 8.98. The SMILES string of the molecule is Cn1ncnc1SC1COCC1O. The molecule has 2 unspecified atom stereocenters. The van der Waals surface area contributed by atoms with Gasteiger partial charge in [-0.1, -0.05) is 11.8 Å². The summed E-state index contributed by atoms with van der Waals surface area (Å²) >= 11 is 1.51. The van der Waals surface area contributed by atoms with Gasteiger partial charge in [0.1, 0.15) is 6.33 Å². The lowest BCUT2D eigenvalue weighted by atomic mass is 10.3. The highest BCUT2D eigenvalue weighted by atomic mass is 32.2. The molecule has 72 valence electrons. The van der Waals surface area contributed by atoms with Gasteiger partial charge in [0.2, 0.25) is 0 Å². The van der Waals surface area contributed by atoms with Crippen molar-refractivity contribution < 1.29 is 9.84 Å². The zero-order chi connectivity index (χ0) is 9.26. The Labute approximate surface area is 80.1 Å². The van der Waals surface area contributed by atoms with Crippen molar-refractivity contribution in [2.45, 2.75) is 16.5 Å². The minimum Gasteiger partial charge on any atom is -0.389 e. The number of aromatic nitrogens is 3. The summed E-state index contributed by atoms with van der Waals surface area (Å²) in [5.41, 5.74) is 0. The van der Waals surface area contributed by atoms with Crippen molar-refractivity contribution in [2.24, 2.45) is 7.05 Å². The van der Waals surface area contributed by atoms with E-state index in [9.17, 15) is 5.11 Å². The summed E-state index contributed by atoms with van der Waals surface area (Å²) in [6, 6.07) is 0. The van der Waals surface area contributed by atoms with Crippen LogP contribution in [0.3, 0.4) is 0 Å². The highest BCUT2D eigenvalue weighted by Gasteiger charge is 2.28. The second-order valence-electron chi connectivity index (χ2n) is 2.93. The zero-order valence-corrected chi connectivity index (χ0v) is 8.07. The van der Waals surface area contributed by atoms with E-state index in [-0.39, 0.29) is 11.4 Å². The third-order valence-corrected chi connectivity index (χ3v) is 3.26. The first-order valence-electron chi connectivity index (χ1n) is 4.04. The molecule has 0 aromatic carbocycles. The Morgan fingerprint density at radius 2 is 2.54 bits per heavy atom. The lowest BCUT2D eigenvalue weighted by molar-refractivity contribution is 0.127. The van der Waals surface area contributed by atoms with Crippen molar-refractivity contribution in [3.63, 3.8) is 0 Å². The molecule has 1 aliphatic heterocycles. The van der Waals surface area contributed by atoms with Gasteiger partial charge in [-0.3, -0.25) is 0 Å². The van der Waals surface area contributed by atoms with Gasteiger partial charge in [-0.05, 0) is 0 Å². The van der Waals surface area contributed by atoms with E-state index in [4.69, 9.17) is 4.74 Å². The van der Waals surface area contributed by atoms with Gasteiger partial charge in [0.15, 0.2) is 5.16 Å². The quantitative estimate of drug-likeness (QED) is 0.709. The maximum Gasteiger partial charge on any atom is 0.186 e. The molecule has 0 radical (unpaired) electrons. The molecule has 0 bridgehead atoms. The van der Waals surface area contributed by atoms with Gasteiger partial charge in [0.05, 0.1) is 24.6 Å². The fraction of sp³-hybridized carbons (Fsp3) is 0.714. The number of aliphatic hydroxyl groups excluding tert-OH is 1. The minimum absolute atomic E-state index is 0.0860. The van der Waals surface area contributed by atoms with Crippen LogP contribution >= 0.6 is 11.8 Å². The Hall–Kier alpha value is -0.590. The van der Waals surface area contributed by atoms with Gasteiger partial charge >= 0.3 is 0 Å². The maximum atomic E-state index is 9.48. The van der Waals surface area contributed by atoms with Gasteiger partial charge < -0.3 is 9.84 Å². The summed E-state index contributed by atoms with van der Waals surface area (Å²) in [5, 5.41) is 14.3. The van der Waals surface area contributed by atoms with Gasteiger partial charge in [0, 0.05) is 7.05 Å². The lowest BCUT2D eigenvalue weighted by Gasteiger charge is -2.09. The number of aryl methyl sites for hydroxylation is 1. The van der Waals surface area contributed by atoms with Crippen LogP contribution in [0.5, 0.6) is 0 Å². The maximum absolute atomic E-state index is 9.48. The van der Waals surface area contributed by atoms with Crippen molar-refractivity contribution >= 4 is 11.8 Å².